The fourth-order valence-electron chi connectivity index (χ4n) is 5.05. The number of rotatable bonds is 8. The minimum Gasteiger partial charge on any atom is -0.0991 e. The molecule has 0 aliphatic heterocycles. The Morgan fingerprint density at radius 2 is 1.08 bits per heavy atom. The molecule has 0 saturated heterocycles. The molecule has 0 bridgehead atoms. The Morgan fingerprint density at radius 1 is 0.639 bits per heavy atom. The van der Waals surface area contributed by atoms with Gasteiger partial charge in [0.15, 0.2) is 0 Å². The maximum atomic E-state index is 4.02. The number of allylic oxidation sites excluding steroid dienone is 11. The summed E-state index contributed by atoms with van der Waals surface area (Å²) in [7, 11) is 0. The molecule has 36 heavy (non-hydrogen) atoms. The first-order chi connectivity index (χ1) is 17.5. The molecule has 3 aromatic carbocycles. The average molecular weight is 471 g/mol. The monoisotopic (exact) mass is 470 g/mol. The Balaban J connectivity index is 2.78. The van der Waals surface area contributed by atoms with Gasteiger partial charge in [0.05, 0.1) is 0 Å². The van der Waals surface area contributed by atoms with E-state index >= 15 is 0 Å². The average Bonchev–Trinajstić information content (AvgIpc) is 2.91. The standard InChI is InChI=1S/C36H38/c1-8-19-26(6)32-33(30-22-15-13-16-23-30)27(7)34(31-24-17-14-18-25-31)36(29(12-5)21-10-3)35(32)28(11-4)20-9-2/h8-25H,1H2,2-7H3/b20-9-,21-10-,26-19+,28-11+,29-12+. The van der Waals surface area contributed by atoms with E-state index in [1.165, 1.54) is 61.2 Å². The molecule has 0 aliphatic carbocycles. The quantitative estimate of drug-likeness (QED) is 0.287. The van der Waals surface area contributed by atoms with Crippen molar-refractivity contribution in [1.82, 2.24) is 0 Å². The number of hydrogen-bond acceptors (Lipinski definition) is 0. The van der Waals surface area contributed by atoms with Gasteiger partial charge in [-0.25, -0.2) is 0 Å². The zero-order valence-electron chi connectivity index (χ0n) is 22.6. The molecule has 0 fully saturated rings. The molecule has 0 aromatic heterocycles. The Kier molecular flexibility index (Phi) is 9.42. The second-order valence-electron chi connectivity index (χ2n) is 8.81. The normalized spacial score (nSPS) is 13.1. The Bertz CT molecular complexity index is 1350. The molecule has 0 radical (unpaired) electrons. The fraction of sp³-hybridized carbons (Fsp3) is 0.167. The van der Waals surface area contributed by atoms with Crippen molar-refractivity contribution < 1.29 is 0 Å². The topological polar surface area (TPSA) is 0 Å². The summed E-state index contributed by atoms with van der Waals surface area (Å²) >= 11 is 0. The van der Waals surface area contributed by atoms with Gasteiger partial charge in [-0.1, -0.05) is 116 Å². The molecule has 0 unspecified atom stereocenters. The van der Waals surface area contributed by atoms with Crippen molar-refractivity contribution in [3.05, 3.63) is 138 Å². The van der Waals surface area contributed by atoms with E-state index in [2.05, 4.69) is 151 Å². The molecule has 0 heterocycles. The molecule has 0 aliphatic rings. The van der Waals surface area contributed by atoms with E-state index in [-0.39, 0.29) is 0 Å². The zero-order valence-corrected chi connectivity index (χ0v) is 22.6. The van der Waals surface area contributed by atoms with Crippen molar-refractivity contribution in [2.24, 2.45) is 0 Å². The Morgan fingerprint density at radius 3 is 1.50 bits per heavy atom. The predicted molar refractivity (Wildman–Crippen MR) is 163 cm³/mol. The fourth-order valence-corrected chi connectivity index (χ4v) is 5.05. The molecule has 0 saturated carbocycles. The van der Waals surface area contributed by atoms with Crippen LogP contribution in [0.2, 0.25) is 0 Å². The smallest absolute Gasteiger partial charge is 0.00210 e. The maximum Gasteiger partial charge on any atom is -0.00210 e. The van der Waals surface area contributed by atoms with Crippen LogP contribution in [0.4, 0.5) is 0 Å². The molecule has 0 nitrogen and oxygen atoms in total. The van der Waals surface area contributed by atoms with Crippen molar-refractivity contribution in [1.29, 1.82) is 0 Å². The van der Waals surface area contributed by atoms with Gasteiger partial charge in [-0.15, -0.1) is 0 Å². The van der Waals surface area contributed by atoms with Gasteiger partial charge in [-0.2, -0.15) is 0 Å². The number of benzene rings is 3. The van der Waals surface area contributed by atoms with Gasteiger partial charge in [0.25, 0.3) is 0 Å². The lowest BCUT2D eigenvalue weighted by Gasteiger charge is -2.28. The first-order valence-electron chi connectivity index (χ1n) is 12.7. The second kappa shape index (κ2) is 12.7. The molecule has 182 valence electrons. The van der Waals surface area contributed by atoms with Crippen molar-refractivity contribution in [3.8, 4) is 22.3 Å². The van der Waals surface area contributed by atoms with E-state index in [1.54, 1.807) is 0 Å². The van der Waals surface area contributed by atoms with E-state index in [9.17, 15) is 0 Å². The van der Waals surface area contributed by atoms with Crippen LogP contribution in [-0.2, 0) is 0 Å². The molecule has 0 amide bonds. The van der Waals surface area contributed by atoms with Crippen molar-refractivity contribution in [2.45, 2.75) is 41.5 Å². The van der Waals surface area contributed by atoms with Gasteiger partial charge in [0.2, 0.25) is 0 Å². The zero-order chi connectivity index (χ0) is 26.1. The van der Waals surface area contributed by atoms with Crippen LogP contribution in [0.25, 0.3) is 39.0 Å². The van der Waals surface area contributed by atoms with Crippen LogP contribution in [-0.4, -0.2) is 0 Å². The van der Waals surface area contributed by atoms with Crippen LogP contribution >= 0.6 is 0 Å². The van der Waals surface area contributed by atoms with Crippen LogP contribution in [0.3, 0.4) is 0 Å². The summed E-state index contributed by atoms with van der Waals surface area (Å²) in [4.78, 5) is 0. The Hall–Kier alpha value is -3.90. The highest BCUT2D eigenvalue weighted by atomic mass is 14.3. The molecule has 0 atom stereocenters. The molecular formula is C36H38. The van der Waals surface area contributed by atoms with Crippen LogP contribution < -0.4 is 0 Å². The molecule has 0 spiro atoms. The molecule has 0 N–H and O–H groups in total. The second-order valence-corrected chi connectivity index (χ2v) is 8.81. The van der Waals surface area contributed by atoms with Crippen LogP contribution in [0.1, 0.15) is 56.9 Å². The van der Waals surface area contributed by atoms with Crippen LogP contribution in [0.5, 0.6) is 0 Å². The third kappa shape index (κ3) is 5.34. The van der Waals surface area contributed by atoms with Crippen molar-refractivity contribution >= 4 is 16.7 Å². The van der Waals surface area contributed by atoms with Gasteiger partial charge >= 0.3 is 0 Å². The SMILES string of the molecule is C=C/C=C(\C)c1c(C(/C=C\C)=C/C)c(C(/C=C\C)=C/C)c(-c2ccccc2)c(C)c1-c1ccccc1. The van der Waals surface area contributed by atoms with Gasteiger partial charge in [-0.05, 0) is 103 Å². The van der Waals surface area contributed by atoms with E-state index in [4.69, 9.17) is 0 Å². The third-order valence-corrected chi connectivity index (χ3v) is 6.53. The molecule has 3 rings (SSSR count). The highest BCUT2D eigenvalue weighted by Gasteiger charge is 2.26. The van der Waals surface area contributed by atoms with Crippen molar-refractivity contribution in [3.63, 3.8) is 0 Å². The van der Waals surface area contributed by atoms with Gasteiger partial charge in [0.1, 0.15) is 0 Å². The largest absolute Gasteiger partial charge is 0.0991 e. The first-order valence-corrected chi connectivity index (χ1v) is 12.7. The van der Waals surface area contributed by atoms with E-state index in [1.807, 2.05) is 6.08 Å². The van der Waals surface area contributed by atoms with E-state index in [0.717, 1.165) is 0 Å². The summed E-state index contributed by atoms with van der Waals surface area (Å²) < 4.78 is 0. The first kappa shape index (κ1) is 26.7. The summed E-state index contributed by atoms with van der Waals surface area (Å²) in [6.07, 6.45) is 17.2. The van der Waals surface area contributed by atoms with E-state index in [0.29, 0.717) is 0 Å². The highest BCUT2D eigenvalue weighted by molar-refractivity contribution is 6.04. The predicted octanol–water partition coefficient (Wildman–Crippen LogP) is 10.9. The summed E-state index contributed by atoms with van der Waals surface area (Å²) in [6, 6.07) is 21.6. The van der Waals surface area contributed by atoms with Gasteiger partial charge in [-0.3, -0.25) is 0 Å². The lowest BCUT2D eigenvalue weighted by molar-refractivity contribution is 1.37. The summed E-state index contributed by atoms with van der Waals surface area (Å²) in [5.74, 6) is 0. The van der Waals surface area contributed by atoms with Crippen LogP contribution in [0.15, 0.2) is 116 Å². The maximum absolute atomic E-state index is 4.02. The van der Waals surface area contributed by atoms with Gasteiger partial charge < -0.3 is 0 Å². The van der Waals surface area contributed by atoms with Crippen molar-refractivity contribution in [2.75, 3.05) is 0 Å². The summed E-state index contributed by atoms with van der Waals surface area (Å²) in [5, 5.41) is 0. The van der Waals surface area contributed by atoms with Gasteiger partial charge in [0, 0.05) is 0 Å². The summed E-state index contributed by atoms with van der Waals surface area (Å²) in [5.41, 5.74) is 13.6. The lowest BCUT2D eigenvalue weighted by atomic mass is 9.75. The number of hydrogen-bond donors (Lipinski definition) is 0. The minimum atomic E-state index is 1.20. The lowest BCUT2D eigenvalue weighted by Crippen LogP contribution is -2.07. The molecule has 0 heteroatoms. The highest BCUT2D eigenvalue weighted by Crippen LogP contribution is 2.48. The minimum absolute atomic E-state index is 1.20. The Labute approximate surface area is 218 Å². The molecule has 3 aromatic rings. The third-order valence-electron chi connectivity index (χ3n) is 6.53. The van der Waals surface area contributed by atoms with Crippen LogP contribution in [0, 0.1) is 6.92 Å². The summed E-state index contributed by atoms with van der Waals surface area (Å²) in [6.45, 7) is 16.9. The van der Waals surface area contributed by atoms with E-state index < -0.39 is 0 Å². The molecular weight excluding hydrogens is 432 g/mol.